The number of carbonyl (C=O) groups excluding carboxylic acids is 1. The van der Waals surface area contributed by atoms with Crippen molar-refractivity contribution in [3.05, 3.63) is 137 Å². The molecule has 0 aliphatic heterocycles. The highest BCUT2D eigenvalue weighted by atomic mass is 35.5. The van der Waals surface area contributed by atoms with Crippen molar-refractivity contribution in [2.24, 2.45) is 0 Å². The predicted octanol–water partition coefficient (Wildman–Crippen LogP) is 6.03. The van der Waals surface area contributed by atoms with Crippen LogP contribution in [0.25, 0.3) is 0 Å². The van der Waals surface area contributed by atoms with Crippen LogP contribution in [0, 0.1) is 0 Å². The second-order valence-electron chi connectivity index (χ2n) is 7.34. The predicted molar refractivity (Wildman–Crippen MR) is 145 cm³/mol. The van der Waals surface area contributed by atoms with Gasteiger partial charge < -0.3 is 0 Å². The van der Waals surface area contributed by atoms with E-state index in [1.807, 2.05) is 72.8 Å². The van der Waals surface area contributed by atoms with Gasteiger partial charge in [-0.05, 0) is 42.0 Å². The molecule has 164 valence electrons. The second-order valence-corrected chi connectivity index (χ2v) is 12.3. The fraction of sp³-hybridized carbons (Fsp3) is 0.0357. The van der Waals surface area contributed by atoms with Crippen molar-refractivity contribution in [1.29, 1.82) is 0 Å². The number of nitrogens with one attached hydrogen (secondary N) is 1. The van der Waals surface area contributed by atoms with Crippen LogP contribution in [-0.4, -0.2) is 6.41 Å². The van der Waals surface area contributed by atoms with E-state index in [1.165, 1.54) is 17.3 Å². The average Bonchev–Trinajstić information content (AvgIpc) is 2.90. The van der Waals surface area contributed by atoms with E-state index in [9.17, 15) is 4.79 Å². The molecular weight excluding hydrogens is 465 g/mol. The SMILES string of the molecule is O=CNC(=C(Cl)SCc1ccccc1)[P+](c1ccccc1)(c1ccccc1)c1ccccc1. The first-order chi connectivity index (χ1) is 16.3. The molecule has 1 N–H and O–H groups in total. The summed E-state index contributed by atoms with van der Waals surface area (Å²) in [4.78, 5) is 11.9. The number of benzene rings is 4. The third kappa shape index (κ3) is 5.07. The third-order valence-electron chi connectivity index (χ3n) is 5.36. The van der Waals surface area contributed by atoms with Crippen LogP contribution in [0.5, 0.6) is 0 Å². The monoisotopic (exact) mass is 488 g/mol. The molecule has 2 nitrogen and oxygen atoms in total. The zero-order chi connectivity index (χ0) is 22.9. The van der Waals surface area contributed by atoms with Crippen LogP contribution in [0.15, 0.2) is 131 Å². The molecule has 4 aromatic carbocycles. The Labute approximate surface area is 205 Å². The normalized spacial score (nSPS) is 12.0. The number of carbonyl (C=O) groups is 1. The molecule has 0 fully saturated rings. The molecule has 5 heteroatoms. The Balaban J connectivity index is 1.98. The summed E-state index contributed by atoms with van der Waals surface area (Å²) in [6, 6.07) is 41.3. The fourth-order valence-electron chi connectivity index (χ4n) is 3.92. The summed E-state index contributed by atoms with van der Waals surface area (Å²) in [5, 5.41) is 6.44. The molecule has 0 saturated carbocycles. The molecule has 0 atom stereocenters. The Morgan fingerprint density at radius 1 is 0.697 bits per heavy atom. The van der Waals surface area contributed by atoms with E-state index in [0.29, 0.717) is 10.1 Å². The van der Waals surface area contributed by atoms with Gasteiger partial charge in [0.05, 0.1) is 0 Å². The van der Waals surface area contributed by atoms with Crippen LogP contribution in [0.2, 0.25) is 0 Å². The molecule has 0 aromatic heterocycles. The van der Waals surface area contributed by atoms with E-state index in [1.54, 1.807) is 0 Å². The van der Waals surface area contributed by atoms with Crippen molar-refractivity contribution in [2.75, 3.05) is 0 Å². The molecule has 0 saturated heterocycles. The van der Waals surface area contributed by atoms with Crippen molar-refractivity contribution in [3.63, 3.8) is 0 Å². The van der Waals surface area contributed by atoms with Gasteiger partial charge in [-0.1, -0.05) is 96.5 Å². The lowest BCUT2D eigenvalue weighted by Crippen LogP contribution is -2.36. The largest absolute Gasteiger partial charge is 0.297 e. The summed E-state index contributed by atoms with van der Waals surface area (Å²) in [6.45, 7) is 0. The van der Waals surface area contributed by atoms with E-state index < -0.39 is 7.26 Å². The summed E-state index contributed by atoms with van der Waals surface area (Å²) in [6.07, 6.45) is 0.740. The first-order valence-electron chi connectivity index (χ1n) is 10.6. The van der Waals surface area contributed by atoms with Gasteiger partial charge in [0.2, 0.25) is 11.8 Å². The Bertz CT molecular complexity index is 1110. The zero-order valence-corrected chi connectivity index (χ0v) is 20.4. The smallest absolute Gasteiger partial charge is 0.214 e. The van der Waals surface area contributed by atoms with Crippen molar-refractivity contribution >= 4 is 52.9 Å². The fourth-order valence-corrected chi connectivity index (χ4v) is 9.84. The minimum atomic E-state index is -2.47. The standard InChI is InChI=1S/C28H23ClNOPS/c29-27(33-21-23-13-5-1-6-14-23)28(30-22-31)32(24-15-7-2-8-16-24,25-17-9-3-10-18-25)26-19-11-4-12-20-26/h1-20,22H,21H2/p+1. The van der Waals surface area contributed by atoms with Crippen LogP contribution in [0.3, 0.4) is 0 Å². The lowest BCUT2D eigenvalue weighted by atomic mass is 10.2. The Hall–Kier alpha value is -2.84. The molecule has 4 rings (SSSR count). The van der Waals surface area contributed by atoms with Crippen LogP contribution in [-0.2, 0) is 10.5 Å². The molecule has 0 aliphatic rings. The lowest BCUT2D eigenvalue weighted by Gasteiger charge is -2.29. The number of hydrogen-bond donors (Lipinski definition) is 1. The Kier molecular flexibility index (Phi) is 8.01. The first-order valence-corrected chi connectivity index (χ1v) is 13.7. The molecule has 0 aliphatic carbocycles. The topological polar surface area (TPSA) is 29.1 Å². The maximum atomic E-state index is 11.9. The minimum absolute atomic E-state index is 0.593. The van der Waals surface area contributed by atoms with Gasteiger partial charge in [-0.2, -0.15) is 0 Å². The molecule has 0 spiro atoms. The van der Waals surface area contributed by atoms with Gasteiger partial charge in [0, 0.05) is 5.75 Å². The van der Waals surface area contributed by atoms with Crippen LogP contribution in [0.1, 0.15) is 5.56 Å². The lowest BCUT2D eigenvalue weighted by molar-refractivity contribution is -0.108. The van der Waals surface area contributed by atoms with E-state index in [0.717, 1.165) is 27.8 Å². The van der Waals surface area contributed by atoms with Gasteiger partial charge in [0.25, 0.3) is 0 Å². The molecule has 0 heterocycles. The molecule has 0 radical (unpaired) electrons. The average molecular weight is 489 g/mol. The quantitative estimate of drug-likeness (QED) is 0.230. The van der Waals surface area contributed by atoms with E-state index in [4.69, 9.17) is 11.6 Å². The molecule has 0 unspecified atom stereocenters. The van der Waals surface area contributed by atoms with Gasteiger partial charge >= 0.3 is 0 Å². The maximum Gasteiger partial charge on any atom is 0.214 e. The van der Waals surface area contributed by atoms with E-state index in [-0.39, 0.29) is 0 Å². The third-order valence-corrected chi connectivity index (χ3v) is 11.3. The summed E-state index contributed by atoms with van der Waals surface area (Å²) >= 11 is 8.60. The van der Waals surface area contributed by atoms with Crippen molar-refractivity contribution in [2.45, 2.75) is 5.75 Å². The minimum Gasteiger partial charge on any atom is -0.297 e. The highest BCUT2D eigenvalue weighted by Gasteiger charge is 2.51. The van der Waals surface area contributed by atoms with Gasteiger partial charge in [-0.25, -0.2) is 0 Å². The van der Waals surface area contributed by atoms with Crippen LogP contribution >= 0.6 is 30.6 Å². The van der Waals surface area contributed by atoms with Gasteiger partial charge in [0.15, 0.2) is 7.26 Å². The molecule has 4 aromatic rings. The number of hydrogen-bond acceptors (Lipinski definition) is 2. The molecule has 33 heavy (non-hydrogen) atoms. The van der Waals surface area contributed by atoms with E-state index in [2.05, 4.69) is 53.8 Å². The van der Waals surface area contributed by atoms with Gasteiger partial charge in [-0.15, -0.1) is 11.8 Å². The summed E-state index contributed by atoms with van der Waals surface area (Å²) in [5.74, 6) is 0.710. The van der Waals surface area contributed by atoms with Crippen molar-refractivity contribution in [3.8, 4) is 0 Å². The number of halogens is 1. The molecule has 0 bridgehead atoms. The van der Waals surface area contributed by atoms with Gasteiger partial charge in [0.1, 0.15) is 20.3 Å². The highest BCUT2D eigenvalue weighted by molar-refractivity contribution is 8.05. The van der Waals surface area contributed by atoms with Crippen LogP contribution in [0.4, 0.5) is 0 Å². The first kappa shape index (κ1) is 23.3. The Morgan fingerprint density at radius 3 is 1.48 bits per heavy atom. The summed E-state index contributed by atoms with van der Waals surface area (Å²) < 4.78 is 0.593. The molecule has 1 amide bonds. The number of thioether (sulfide) groups is 1. The number of rotatable bonds is 9. The maximum absolute atomic E-state index is 11.9. The highest BCUT2D eigenvalue weighted by Crippen LogP contribution is 2.63. The second kappa shape index (κ2) is 11.3. The Morgan fingerprint density at radius 2 is 1.09 bits per heavy atom. The van der Waals surface area contributed by atoms with E-state index >= 15 is 0 Å². The van der Waals surface area contributed by atoms with Crippen molar-refractivity contribution in [1.82, 2.24) is 5.32 Å². The van der Waals surface area contributed by atoms with Gasteiger partial charge in [-0.3, -0.25) is 10.1 Å². The summed E-state index contributed by atoms with van der Waals surface area (Å²) in [5.41, 5.74) is 1.93. The number of amides is 1. The summed E-state index contributed by atoms with van der Waals surface area (Å²) in [7, 11) is -2.47. The zero-order valence-electron chi connectivity index (χ0n) is 18.0. The van der Waals surface area contributed by atoms with Crippen LogP contribution < -0.4 is 21.2 Å². The van der Waals surface area contributed by atoms with Crippen molar-refractivity contribution < 1.29 is 4.79 Å². The molecular formula is C28H24ClNOPS+.